The maximum atomic E-state index is 12.0. The molecule has 1 rings (SSSR count). The molecule has 1 atom stereocenters. The molecule has 6 heteroatoms. The van der Waals surface area contributed by atoms with Crippen molar-refractivity contribution in [2.75, 3.05) is 38.7 Å². The van der Waals surface area contributed by atoms with Crippen LogP contribution in [0, 0.1) is 5.92 Å². The summed E-state index contributed by atoms with van der Waals surface area (Å²) in [6.07, 6.45) is 3.45. The largest absolute Gasteiger partial charge is 0.481 e. The lowest BCUT2D eigenvalue weighted by molar-refractivity contribution is -0.143. The van der Waals surface area contributed by atoms with Gasteiger partial charge in [-0.15, -0.1) is 0 Å². The predicted octanol–water partition coefficient (Wildman–Crippen LogP) is 1.20. The standard InChI is InChI=1S/C11H20N2O3S/c1-12(6-7-17-2)11(16)13-5-3-4-9(8-13)10(14)15/h9H,3-8H2,1-2H3,(H,14,15)/t9-/m1/s1. The van der Waals surface area contributed by atoms with Crippen molar-refractivity contribution in [1.29, 1.82) is 0 Å². The van der Waals surface area contributed by atoms with Crippen molar-refractivity contribution in [3.63, 3.8) is 0 Å². The summed E-state index contributed by atoms with van der Waals surface area (Å²) in [7, 11) is 1.77. The number of thioether (sulfide) groups is 1. The summed E-state index contributed by atoms with van der Waals surface area (Å²) < 4.78 is 0. The maximum Gasteiger partial charge on any atom is 0.319 e. The van der Waals surface area contributed by atoms with Gasteiger partial charge in [0.25, 0.3) is 0 Å². The van der Waals surface area contributed by atoms with Gasteiger partial charge >= 0.3 is 12.0 Å². The first kappa shape index (κ1) is 14.2. The molecule has 0 bridgehead atoms. The number of hydrogen-bond acceptors (Lipinski definition) is 3. The zero-order valence-electron chi connectivity index (χ0n) is 10.4. The van der Waals surface area contributed by atoms with Gasteiger partial charge in [0.2, 0.25) is 0 Å². The van der Waals surface area contributed by atoms with Crippen molar-refractivity contribution in [3.8, 4) is 0 Å². The molecule has 1 aliphatic heterocycles. The number of carboxylic acid groups (broad SMARTS) is 1. The number of rotatable bonds is 4. The lowest BCUT2D eigenvalue weighted by Crippen LogP contribution is -2.48. The molecule has 0 aromatic rings. The normalized spacial score (nSPS) is 20.1. The third kappa shape index (κ3) is 4.11. The second kappa shape index (κ2) is 6.74. The molecular weight excluding hydrogens is 240 g/mol. The van der Waals surface area contributed by atoms with E-state index in [9.17, 15) is 9.59 Å². The first-order chi connectivity index (χ1) is 8.06. The van der Waals surface area contributed by atoms with Crippen molar-refractivity contribution in [1.82, 2.24) is 9.80 Å². The minimum atomic E-state index is -0.797. The summed E-state index contributed by atoms with van der Waals surface area (Å²) in [5.41, 5.74) is 0. The van der Waals surface area contributed by atoms with Crippen LogP contribution in [-0.4, -0.2) is 65.6 Å². The third-order valence-corrected chi connectivity index (χ3v) is 3.59. The highest BCUT2D eigenvalue weighted by atomic mass is 32.2. The SMILES string of the molecule is CSCCN(C)C(=O)N1CCC[C@@H](C(=O)O)C1. The van der Waals surface area contributed by atoms with E-state index in [4.69, 9.17) is 5.11 Å². The van der Waals surface area contributed by atoms with Gasteiger partial charge in [0.15, 0.2) is 0 Å². The Labute approximate surface area is 106 Å². The molecule has 1 heterocycles. The Bertz CT molecular complexity index is 286. The summed E-state index contributed by atoms with van der Waals surface area (Å²) in [6.45, 7) is 1.72. The van der Waals surface area contributed by atoms with Crippen LogP contribution in [0.4, 0.5) is 4.79 Å². The van der Waals surface area contributed by atoms with Crippen LogP contribution in [0.1, 0.15) is 12.8 Å². The molecule has 1 saturated heterocycles. The van der Waals surface area contributed by atoms with Crippen molar-refractivity contribution < 1.29 is 14.7 Å². The minimum absolute atomic E-state index is 0.0509. The highest BCUT2D eigenvalue weighted by Gasteiger charge is 2.29. The Morgan fingerprint density at radius 1 is 1.53 bits per heavy atom. The van der Waals surface area contributed by atoms with Crippen molar-refractivity contribution in [2.45, 2.75) is 12.8 Å². The van der Waals surface area contributed by atoms with Gasteiger partial charge in [0.1, 0.15) is 0 Å². The van der Waals surface area contributed by atoms with Gasteiger partial charge in [0.05, 0.1) is 5.92 Å². The van der Waals surface area contributed by atoms with Gasteiger partial charge < -0.3 is 14.9 Å². The summed E-state index contributed by atoms with van der Waals surface area (Å²) in [6, 6.07) is -0.0509. The highest BCUT2D eigenvalue weighted by molar-refractivity contribution is 7.98. The zero-order chi connectivity index (χ0) is 12.8. The van der Waals surface area contributed by atoms with E-state index in [1.165, 1.54) is 0 Å². The molecule has 0 unspecified atom stereocenters. The molecule has 0 aliphatic carbocycles. The first-order valence-corrected chi connectivity index (χ1v) is 7.17. The fraction of sp³-hybridized carbons (Fsp3) is 0.818. The molecular formula is C11H20N2O3S. The van der Waals surface area contributed by atoms with E-state index in [0.717, 1.165) is 12.2 Å². The Balaban J connectivity index is 2.48. The van der Waals surface area contributed by atoms with Crippen LogP contribution in [0.25, 0.3) is 0 Å². The third-order valence-electron chi connectivity index (χ3n) is 3.00. The molecule has 5 nitrogen and oxygen atoms in total. The zero-order valence-corrected chi connectivity index (χ0v) is 11.2. The molecule has 1 N–H and O–H groups in total. The van der Waals surface area contributed by atoms with Gasteiger partial charge in [-0.1, -0.05) is 0 Å². The molecule has 0 aromatic carbocycles. The number of piperidine rings is 1. The van der Waals surface area contributed by atoms with Crippen LogP contribution in [0.5, 0.6) is 0 Å². The number of hydrogen-bond donors (Lipinski definition) is 1. The maximum absolute atomic E-state index is 12.0. The first-order valence-electron chi connectivity index (χ1n) is 5.78. The number of nitrogens with zero attached hydrogens (tertiary/aromatic N) is 2. The predicted molar refractivity (Wildman–Crippen MR) is 68.3 cm³/mol. The summed E-state index contributed by atoms with van der Waals surface area (Å²) in [5, 5.41) is 8.96. The van der Waals surface area contributed by atoms with Gasteiger partial charge in [-0.25, -0.2) is 4.79 Å². The number of aliphatic carboxylic acids is 1. The van der Waals surface area contributed by atoms with Gasteiger partial charge in [-0.2, -0.15) is 11.8 Å². The Kier molecular flexibility index (Phi) is 5.61. The lowest BCUT2D eigenvalue weighted by Gasteiger charge is -2.33. The number of carboxylic acids is 1. The summed E-state index contributed by atoms with van der Waals surface area (Å²) in [4.78, 5) is 26.3. The monoisotopic (exact) mass is 260 g/mol. The Morgan fingerprint density at radius 2 is 2.24 bits per heavy atom. The topological polar surface area (TPSA) is 60.9 Å². The molecule has 17 heavy (non-hydrogen) atoms. The van der Waals surface area contributed by atoms with E-state index in [-0.39, 0.29) is 6.03 Å². The van der Waals surface area contributed by atoms with Crippen LogP contribution in [0.2, 0.25) is 0 Å². The molecule has 1 fully saturated rings. The van der Waals surface area contributed by atoms with E-state index >= 15 is 0 Å². The number of amides is 2. The van der Waals surface area contributed by atoms with Crippen LogP contribution < -0.4 is 0 Å². The van der Waals surface area contributed by atoms with Crippen molar-refractivity contribution in [2.24, 2.45) is 5.92 Å². The van der Waals surface area contributed by atoms with Crippen LogP contribution >= 0.6 is 11.8 Å². The average molecular weight is 260 g/mol. The van der Waals surface area contributed by atoms with E-state index in [1.807, 2.05) is 6.26 Å². The number of likely N-dealkylation sites (tertiary alicyclic amines) is 1. The van der Waals surface area contributed by atoms with Crippen molar-refractivity contribution >= 4 is 23.8 Å². The smallest absolute Gasteiger partial charge is 0.319 e. The second-order valence-corrected chi connectivity index (χ2v) is 5.31. The fourth-order valence-corrected chi connectivity index (χ4v) is 2.37. The van der Waals surface area contributed by atoms with Gasteiger partial charge in [-0.3, -0.25) is 4.79 Å². The molecule has 0 spiro atoms. The molecule has 0 aromatic heterocycles. The average Bonchev–Trinajstić information content (AvgIpc) is 2.35. The quantitative estimate of drug-likeness (QED) is 0.825. The van der Waals surface area contributed by atoms with E-state index in [1.54, 1.807) is 28.6 Å². The number of carbonyl (C=O) groups excluding carboxylic acids is 1. The minimum Gasteiger partial charge on any atom is -0.481 e. The molecule has 0 radical (unpaired) electrons. The highest BCUT2D eigenvalue weighted by Crippen LogP contribution is 2.17. The van der Waals surface area contributed by atoms with E-state index in [2.05, 4.69) is 0 Å². The van der Waals surface area contributed by atoms with Crippen LogP contribution in [0.15, 0.2) is 0 Å². The molecule has 98 valence electrons. The van der Waals surface area contributed by atoms with Crippen molar-refractivity contribution in [3.05, 3.63) is 0 Å². The Hall–Kier alpha value is -0.910. The Morgan fingerprint density at radius 3 is 2.82 bits per heavy atom. The molecule has 0 saturated carbocycles. The second-order valence-electron chi connectivity index (χ2n) is 4.32. The molecule has 2 amide bonds. The fourth-order valence-electron chi connectivity index (χ4n) is 1.92. The van der Waals surface area contributed by atoms with E-state index < -0.39 is 11.9 Å². The number of urea groups is 1. The van der Waals surface area contributed by atoms with Crippen LogP contribution in [0.3, 0.4) is 0 Å². The van der Waals surface area contributed by atoms with Gasteiger partial charge in [0, 0.05) is 32.4 Å². The summed E-state index contributed by atoms with van der Waals surface area (Å²) in [5.74, 6) is -0.297. The van der Waals surface area contributed by atoms with Gasteiger partial charge in [-0.05, 0) is 19.1 Å². The van der Waals surface area contributed by atoms with Crippen LogP contribution in [-0.2, 0) is 4.79 Å². The van der Waals surface area contributed by atoms with E-state index in [0.29, 0.717) is 26.1 Å². The lowest BCUT2D eigenvalue weighted by atomic mass is 9.99. The summed E-state index contributed by atoms with van der Waals surface area (Å²) >= 11 is 1.69. The number of carbonyl (C=O) groups is 2. The molecule has 1 aliphatic rings.